The number of hydrogen-bond acceptors (Lipinski definition) is 4. The molecule has 5 nitrogen and oxygen atoms in total. The fourth-order valence-corrected chi connectivity index (χ4v) is 2.15. The second kappa shape index (κ2) is 9.35. The van der Waals surface area contributed by atoms with Crippen molar-refractivity contribution in [3.05, 3.63) is 59.7 Å². The van der Waals surface area contributed by atoms with Crippen molar-refractivity contribution < 1.29 is 14.3 Å². The van der Waals surface area contributed by atoms with Crippen LogP contribution in [0, 0.1) is 0 Å². The second-order valence-corrected chi connectivity index (χ2v) is 5.02. The highest BCUT2D eigenvalue weighted by atomic mass is 16.5. The lowest BCUT2D eigenvalue weighted by Gasteiger charge is -2.10. The van der Waals surface area contributed by atoms with Crippen molar-refractivity contribution in [1.82, 2.24) is 5.43 Å². The van der Waals surface area contributed by atoms with E-state index in [9.17, 15) is 4.79 Å². The van der Waals surface area contributed by atoms with Crippen LogP contribution in [0.4, 0.5) is 0 Å². The number of nitrogens with zero attached hydrogens (tertiary/aromatic N) is 1. The maximum Gasteiger partial charge on any atom is 0.244 e. The summed E-state index contributed by atoms with van der Waals surface area (Å²) in [5.74, 6) is 1.25. The first kappa shape index (κ1) is 17.5. The Hall–Kier alpha value is -2.82. The van der Waals surface area contributed by atoms with E-state index in [1.807, 2.05) is 62.4 Å². The van der Waals surface area contributed by atoms with Crippen LogP contribution < -0.4 is 14.9 Å². The molecule has 0 aromatic heterocycles. The van der Waals surface area contributed by atoms with Gasteiger partial charge in [0.05, 0.1) is 25.8 Å². The van der Waals surface area contributed by atoms with Gasteiger partial charge in [-0.25, -0.2) is 5.43 Å². The summed E-state index contributed by atoms with van der Waals surface area (Å²) < 4.78 is 11.1. The average Bonchev–Trinajstić information content (AvgIpc) is 2.58. The largest absolute Gasteiger partial charge is 0.494 e. The molecule has 1 N–H and O–H groups in total. The van der Waals surface area contributed by atoms with Crippen LogP contribution >= 0.6 is 0 Å². The molecular weight excluding hydrogens is 304 g/mol. The summed E-state index contributed by atoms with van der Waals surface area (Å²) in [4.78, 5) is 11.9. The summed E-state index contributed by atoms with van der Waals surface area (Å²) in [6, 6.07) is 15.1. The predicted octanol–water partition coefficient (Wildman–Crippen LogP) is 3.18. The fraction of sp³-hybridized carbons (Fsp3) is 0.263. The van der Waals surface area contributed by atoms with Crippen LogP contribution in [0.25, 0.3) is 0 Å². The van der Waals surface area contributed by atoms with Gasteiger partial charge in [0.2, 0.25) is 5.91 Å². The lowest BCUT2D eigenvalue weighted by atomic mass is 10.1. The van der Waals surface area contributed by atoms with E-state index >= 15 is 0 Å². The molecule has 0 fully saturated rings. The normalized spacial score (nSPS) is 10.6. The zero-order valence-corrected chi connectivity index (χ0v) is 14.0. The van der Waals surface area contributed by atoms with Crippen molar-refractivity contribution in [3.63, 3.8) is 0 Å². The van der Waals surface area contributed by atoms with Crippen LogP contribution in [0.15, 0.2) is 53.6 Å². The summed E-state index contributed by atoms with van der Waals surface area (Å²) >= 11 is 0. The average molecular weight is 326 g/mol. The van der Waals surface area contributed by atoms with Gasteiger partial charge in [-0.3, -0.25) is 4.79 Å². The number of carbonyl (C=O) groups is 1. The van der Waals surface area contributed by atoms with Crippen LogP contribution in [0.1, 0.15) is 25.0 Å². The molecule has 2 aromatic rings. The molecule has 0 saturated carbocycles. The van der Waals surface area contributed by atoms with Crippen molar-refractivity contribution in [2.75, 3.05) is 13.2 Å². The van der Waals surface area contributed by atoms with Gasteiger partial charge >= 0.3 is 0 Å². The molecule has 5 heteroatoms. The van der Waals surface area contributed by atoms with Crippen LogP contribution in [-0.2, 0) is 11.2 Å². The maximum absolute atomic E-state index is 11.9. The molecule has 24 heavy (non-hydrogen) atoms. The minimum atomic E-state index is -0.165. The summed E-state index contributed by atoms with van der Waals surface area (Å²) in [6.45, 7) is 4.97. The number of carbonyl (C=O) groups excluding carboxylic acids is 1. The molecule has 0 aliphatic carbocycles. The molecular formula is C19H22N2O3. The van der Waals surface area contributed by atoms with E-state index in [0.29, 0.717) is 25.4 Å². The van der Waals surface area contributed by atoms with Crippen molar-refractivity contribution in [3.8, 4) is 11.5 Å². The molecule has 2 rings (SSSR count). The molecule has 0 aliphatic heterocycles. The van der Waals surface area contributed by atoms with E-state index in [4.69, 9.17) is 9.47 Å². The van der Waals surface area contributed by atoms with Crippen molar-refractivity contribution >= 4 is 12.1 Å². The summed E-state index contributed by atoms with van der Waals surface area (Å²) in [5, 5.41) is 4.01. The topological polar surface area (TPSA) is 59.9 Å². The number of hydrazone groups is 1. The third-order valence-electron chi connectivity index (χ3n) is 3.20. The first-order chi connectivity index (χ1) is 11.7. The SMILES string of the molecule is CCOc1ccc(/C=N/NC(=O)Cc2ccccc2)c(OCC)c1. The van der Waals surface area contributed by atoms with Crippen molar-refractivity contribution in [2.45, 2.75) is 20.3 Å². The van der Waals surface area contributed by atoms with Gasteiger partial charge in [-0.1, -0.05) is 30.3 Å². The minimum Gasteiger partial charge on any atom is -0.494 e. The van der Waals surface area contributed by atoms with Crippen LogP contribution in [0.2, 0.25) is 0 Å². The molecule has 0 saturated heterocycles. The highest BCUT2D eigenvalue weighted by Gasteiger charge is 2.05. The lowest BCUT2D eigenvalue weighted by molar-refractivity contribution is -0.120. The van der Waals surface area contributed by atoms with Gasteiger partial charge in [-0.05, 0) is 31.5 Å². The van der Waals surface area contributed by atoms with E-state index in [-0.39, 0.29) is 5.91 Å². The first-order valence-electron chi connectivity index (χ1n) is 7.98. The fourth-order valence-electron chi connectivity index (χ4n) is 2.15. The number of amides is 1. The van der Waals surface area contributed by atoms with Gasteiger partial charge in [0.25, 0.3) is 0 Å². The standard InChI is InChI=1S/C19H22N2O3/c1-3-23-17-11-10-16(18(13-17)24-4-2)14-20-21-19(22)12-15-8-6-5-7-9-15/h5-11,13-14H,3-4,12H2,1-2H3,(H,21,22)/b20-14+. The van der Waals surface area contributed by atoms with Gasteiger partial charge in [0.1, 0.15) is 11.5 Å². The molecule has 2 aromatic carbocycles. The number of rotatable bonds is 8. The Bertz CT molecular complexity index is 684. The Labute approximate surface area is 142 Å². The Morgan fingerprint density at radius 1 is 1.08 bits per heavy atom. The third kappa shape index (κ3) is 5.43. The monoisotopic (exact) mass is 326 g/mol. The van der Waals surface area contributed by atoms with E-state index < -0.39 is 0 Å². The van der Waals surface area contributed by atoms with Crippen molar-refractivity contribution in [2.24, 2.45) is 5.10 Å². The zero-order valence-electron chi connectivity index (χ0n) is 14.0. The van der Waals surface area contributed by atoms with Gasteiger partial charge in [0.15, 0.2) is 0 Å². The number of nitrogens with one attached hydrogen (secondary N) is 1. The van der Waals surface area contributed by atoms with E-state index in [2.05, 4.69) is 10.5 Å². The second-order valence-electron chi connectivity index (χ2n) is 5.02. The van der Waals surface area contributed by atoms with Crippen LogP contribution in [0.3, 0.4) is 0 Å². The van der Waals surface area contributed by atoms with Crippen LogP contribution in [0.5, 0.6) is 11.5 Å². The third-order valence-corrected chi connectivity index (χ3v) is 3.20. The van der Waals surface area contributed by atoms with Gasteiger partial charge in [-0.15, -0.1) is 0 Å². The van der Waals surface area contributed by atoms with Gasteiger partial charge in [0, 0.05) is 11.6 Å². The van der Waals surface area contributed by atoms with E-state index in [0.717, 1.165) is 16.9 Å². The predicted molar refractivity (Wildman–Crippen MR) is 94.7 cm³/mol. The Kier molecular flexibility index (Phi) is 6.83. The smallest absolute Gasteiger partial charge is 0.244 e. The molecule has 0 spiro atoms. The Balaban J connectivity index is 1.98. The lowest BCUT2D eigenvalue weighted by Crippen LogP contribution is -2.19. The van der Waals surface area contributed by atoms with Crippen molar-refractivity contribution in [1.29, 1.82) is 0 Å². The number of ether oxygens (including phenoxy) is 2. The zero-order chi connectivity index (χ0) is 17.2. The molecule has 0 heterocycles. The number of hydrogen-bond donors (Lipinski definition) is 1. The van der Waals surface area contributed by atoms with E-state index in [1.54, 1.807) is 6.21 Å². The molecule has 1 amide bonds. The molecule has 0 unspecified atom stereocenters. The first-order valence-corrected chi connectivity index (χ1v) is 7.98. The quantitative estimate of drug-likeness (QED) is 0.599. The summed E-state index contributed by atoms with van der Waals surface area (Å²) in [7, 11) is 0. The maximum atomic E-state index is 11.9. The molecule has 0 aliphatic rings. The molecule has 0 bridgehead atoms. The summed E-state index contributed by atoms with van der Waals surface area (Å²) in [5.41, 5.74) is 4.26. The van der Waals surface area contributed by atoms with E-state index in [1.165, 1.54) is 0 Å². The molecule has 0 radical (unpaired) electrons. The minimum absolute atomic E-state index is 0.165. The Morgan fingerprint density at radius 3 is 2.54 bits per heavy atom. The Morgan fingerprint density at radius 2 is 1.83 bits per heavy atom. The molecule has 0 atom stereocenters. The van der Waals surface area contributed by atoms with Gasteiger partial charge < -0.3 is 9.47 Å². The highest BCUT2D eigenvalue weighted by molar-refractivity contribution is 5.86. The summed E-state index contributed by atoms with van der Waals surface area (Å²) in [6.07, 6.45) is 1.86. The van der Waals surface area contributed by atoms with Crippen LogP contribution in [-0.4, -0.2) is 25.3 Å². The van der Waals surface area contributed by atoms with Gasteiger partial charge in [-0.2, -0.15) is 5.10 Å². The number of benzene rings is 2. The highest BCUT2D eigenvalue weighted by Crippen LogP contribution is 2.23. The molecule has 126 valence electrons.